The zero-order valence-electron chi connectivity index (χ0n) is 19.8. The smallest absolute Gasteiger partial charge is 0.328 e. The lowest BCUT2D eigenvalue weighted by Gasteiger charge is -2.25. The van der Waals surface area contributed by atoms with Gasteiger partial charge in [-0.25, -0.2) is 4.79 Å². The third-order valence-electron chi connectivity index (χ3n) is 5.12. The summed E-state index contributed by atoms with van der Waals surface area (Å²) < 4.78 is 4.84. The maximum absolute atomic E-state index is 12.9. The average Bonchev–Trinajstić information content (AvgIpc) is 2.70. The van der Waals surface area contributed by atoms with Gasteiger partial charge < -0.3 is 26.2 Å². The van der Waals surface area contributed by atoms with E-state index < -0.39 is 36.0 Å². The predicted molar refractivity (Wildman–Crippen MR) is 124 cm³/mol. The highest BCUT2D eigenvalue weighted by molar-refractivity contribution is 5.91. The molecule has 1 aromatic rings. The molecule has 8 nitrogen and oxygen atoms in total. The molecule has 0 fully saturated rings. The lowest BCUT2D eigenvalue weighted by molar-refractivity contribution is -0.145. The van der Waals surface area contributed by atoms with E-state index in [0.29, 0.717) is 12.3 Å². The van der Waals surface area contributed by atoms with Crippen molar-refractivity contribution in [2.24, 2.45) is 17.6 Å². The first-order chi connectivity index (χ1) is 15.0. The van der Waals surface area contributed by atoms with Gasteiger partial charge in [0, 0.05) is 12.5 Å². The Morgan fingerprint density at radius 2 is 1.66 bits per heavy atom. The lowest BCUT2D eigenvalue weighted by Crippen LogP contribution is -2.54. The van der Waals surface area contributed by atoms with Crippen LogP contribution in [-0.4, -0.2) is 54.2 Å². The Morgan fingerprint density at radius 3 is 2.19 bits per heavy atom. The first kappa shape index (κ1) is 27.6. The fourth-order valence-corrected chi connectivity index (χ4v) is 3.56. The van der Waals surface area contributed by atoms with Crippen LogP contribution in [-0.2, 0) is 25.5 Å². The standard InChI is InChI=1S/C24H39N3O5/c1-15(2)11-18(25)13-19(28)14-21(29)27-22(16(3)4)23(30)26-20(24(31)32-5)12-17-9-7-6-8-10-17/h6-10,15-16,18-20,22,28H,11-14,25H2,1-5H3,(H,26,30)(H,27,29)/t18?,19?,20-,22-/m1/s1. The molecule has 2 amide bonds. The second-order valence-electron chi connectivity index (χ2n) is 9.05. The van der Waals surface area contributed by atoms with Gasteiger partial charge in [-0.05, 0) is 30.2 Å². The fraction of sp³-hybridized carbons (Fsp3) is 0.625. The van der Waals surface area contributed by atoms with Crippen LogP contribution in [0.5, 0.6) is 0 Å². The Morgan fingerprint density at radius 1 is 1.03 bits per heavy atom. The molecule has 0 aromatic heterocycles. The van der Waals surface area contributed by atoms with E-state index in [4.69, 9.17) is 10.5 Å². The summed E-state index contributed by atoms with van der Waals surface area (Å²) in [7, 11) is 1.26. The molecular formula is C24H39N3O5. The van der Waals surface area contributed by atoms with E-state index in [-0.39, 0.29) is 24.8 Å². The SMILES string of the molecule is COC(=O)[C@@H](Cc1ccccc1)NC(=O)[C@H](NC(=O)CC(O)CC(N)CC(C)C)C(C)C. The Kier molecular flexibility index (Phi) is 11.9. The van der Waals surface area contributed by atoms with Gasteiger partial charge in [-0.2, -0.15) is 0 Å². The van der Waals surface area contributed by atoms with Gasteiger partial charge in [0.25, 0.3) is 0 Å². The van der Waals surface area contributed by atoms with Crippen molar-refractivity contribution in [2.45, 2.75) is 77.6 Å². The van der Waals surface area contributed by atoms with Gasteiger partial charge in [-0.1, -0.05) is 58.0 Å². The monoisotopic (exact) mass is 449 g/mol. The predicted octanol–water partition coefficient (Wildman–Crippen LogP) is 1.54. The summed E-state index contributed by atoms with van der Waals surface area (Å²) in [6, 6.07) is 7.34. The maximum atomic E-state index is 12.9. The molecule has 2 unspecified atom stereocenters. The summed E-state index contributed by atoms with van der Waals surface area (Å²) in [5, 5.41) is 15.6. The Hall–Kier alpha value is -2.45. The van der Waals surface area contributed by atoms with Crippen LogP contribution in [0.25, 0.3) is 0 Å². The molecule has 0 aliphatic carbocycles. The van der Waals surface area contributed by atoms with Crippen LogP contribution in [0.3, 0.4) is 0 Å². The molecule has 32 heavy (non-hydrogen) atoms. The largest absolute Gasteiger partial charge is 0.467 e. The topological polar surface area (TPSA) is 131 Å². The van der Waals surface area contributed by atoms with Gasteiger partial charge >= 0.3 is 5.97 Å². The average molecular weight is 450 g/mol. The summed E-state index contributed by atoms with van der Waals surface area (Å²) in [5.41, 5.74) is 6.88. The molecular weight excluding hydrogens is 410 g/mol. The molecule has 0 saturated carbocycles. The van der Waals surface area contributed by atoms with E-state index in [0.717, 1.165) is 12.0 Å². The molecule has 4 atom stereocenters. The van der Waals surface area contributed by atoms with Crippen LogP contribution in [0.4, 0.5) is 0 Å². The van der Waals surface area contributed by atoms with E-state index in [1.165, 1.54) is 7.11 Å². The van der Waals surface area contributed by atoms with Crippen molar-refractivity contribution in [2.75, 3.05) is 7.11 Å². The van der Waals surface area contributed by atoms with Crippen LogP contribution in [0.15, 0.2) is 30.3 Å². The maximum Gasteiger partial charge on any atom is 0.328 e. The molecule has 0 radical (unpaired) electrons. The molecule has 1 aromatic carbocycles. The number of benzene rings is 1. The van der Waals surface area contributed by atoms with Gasteiger partial charge in [0.2, 0.25) is 11.8 Å². The molecule has 1 rings (SSSR count). The highest BCUT2D eigenvalue weighted by atomic mass is 16.5. The minimum Gasteiger partial charge on any atom is -0.467 e. The normalized spacial score (nSPS) is 15.0. The molecule has 0 aliphatic rings. The van der Waals surface area contributed by atoms with Crippen LogP contribution in [0.1, 0.15) is 52.5 Å². The second kappa shape index (κ2) is 13.9. The Balaban J connectivity index is 2.74. The number of esters is 1. The Labute approximate surface area is 191 Å². The first-order valence-corrected chi connectivity index (χ1v) is 11.2. The number of methoxy groups -OCH3 is 1. The van der Waals surface area contributed by atoms with Gasteiger partial charge in [0.05, 0.1) is 19.6 Å². The second-order valence-corrected chi connectivity index (χ2v) is 9.05. The summed E-state index contributed by atoms with van der Waals surface area (Å²) in [6.07, 6.45) is 0.301. The number of rotatable bonds is 13. The van der Waals surface area contributed by atoms with Gasteiger partial charge in [-0.15, -0.1) is 0 Å². The van der Waals surface area contributed by atoms with Crippen LogP contribution in [0, 0.1) is 11.8 Å². The highest BCUT2D eigenvalue weighted by Gasteiger charge is 2.30. The lowest BCUT2D eigenvalue weighted by atomic mass is 9.97. The zero-order valence-corrected chi connectivity index (χ0v) is 19.8. The van der Waals surface area contributed by atoms with Crippen molar-refractivity contribution in [3.05, 3.63) is 35.9 Å². The van der Waals surface area contributed by atoms with E-state index >= 15 is 0 Å². The van der Waals surface area contributed by atoms with E-state index in [1.54, 1.807) is 13.8 Å². The number of amides is 2. The van der Waals surface area contributed by atoms with Crippen LogP contribution < -0.4 is 16.4 Å². The number of hydrogen-bond donors (Lipinski definition) is 4. The minimum absolute atomic E-state index is 0.146. The Bertz CT molecular complexity index is 724. The fourth-order valence-electron chi connectivity index (χ4n) is 3.56. The molecule has 0 spiro atoms. The van der Waals surface area contributed by atoms with E-state index in [2.05, 4.69) is 10.6 Å². The molecule has 0 saturated heterocycles. The van der Waals surface area contributed by atoms with E-state index in [9.17, 15) is 19.5 Å². The minimum atomic E-state index is -0.888. The third-order valence-corrected chi connectivity index (χ3v) is 5.12. The van der Waals surface area contributed by atoms with Crippen LogP contribution >= 0.6 is 0 Å². The number of hydrogen-bond acceptors (Lipinski definition) is 6. The first-order valence-electron chi connectivity index (χ1n) is 11.2. The molecule has 0 aliphatic heterocycles. The molecule has 0 bridgehead atoms. The van der Waals surface area contributed by atoms with Crippen LogP contribution in [0.2, 0.25) is 0 Å². The number of nitrogens with two attached hydrogens (primary N) is 1. The molecule has 0 heterocycles. The summed E-state index contributed by atoms with van der Waals surface area (Å²) in [6.45, 7) is 7.68. The van der Waals surface area contributed by atoms with Crippen molar-refractivity contribution < 1.29 is 24.2 Å². The molecule has 180 valence electrons. The van der Waals surface area contributed by atoms with Crippen molar-refractivity contribution in [1.82, 2.24) is 10.6 Å². The van der Waals surface area contributed by atoms with Crippen molar-refractivity contribution in [3.63, 3.8) is 0 Å². The van der Waals surface area contributed by atoms with Gasteiger partial charge in [-0.3, -0.25) is 9.59 Å². The highest BCUT2D eigenvalue weighted by Crippen LogP contribution is 2.11. The number of carbonyl (C=O) groups is 3. The summed E-state index contributed by atoms with van der Waals surface area (Å²) >= 11 is 0. The molecule has 5 N–H and O–H groups in total. The molecule has 8 heteroatoms. The van der Waals surface area contributed by atoms with Crippen molar-refractivity contribution in [3.8, 4) is 0 Å². The van der Waals surface area contributed by atoms with Gasteiger partial charge in [0.15, 0.2) is 0 Å². The van der Waals surface area contributed by atoms with E-state index in [1.807, 2.05) is 44.2 Å². The number of aliphatic hydroxyl groups is 1. The number of carbonyl (C=O) groups excluding carboxylic acids is 3. The van der Waals surface area contributed by atoms with Gasteiger partial charge in [0.1, 0.15) is 12.1 Å². The number of ether oxygens (including phenoxy) is 1. The number of aliphatic hydroxyl groups excluding tert-OH is 1. The zero-order chi connectivity index (χ0) is 24.3. The number of nitrogens with one attached hydrogen (secondary N) is 2. The third kappa shape index (κ3) is 10.2. The van der Waals surface area contributed by atoms with Crippen molar-refractivity contribution >= 4 is 17.8 Å². The summed E-state index contributed by atoms with van der Waals surface area (Å²) in [4.78, 5) is 37.6. The quantitative estimate of drug-likeness (QED) is 0.338. The van der Waals surface area contributed by atoms with Crippen molar-refractivity contribution in [1.29, 1.82) is 0 Å². The summed E-state index contributed by atoms with van der Waals surface area (Å²) in [5.74, 6) is -1.31.